The molecule has 2 heteroatoms. The maximum atomic E-state index is 5.87. The molecule has 0 aromatic heterocycles. The molecule has 0 radical (unpaired) electrons. The van der Waals surface area contributed by atoms with Gasteiger partial charge in [0.25, 0.3) is 0 Å². The molecule has 1 spiro atoms. The van der Waals surface area contributed by atoms with Crippen molar-refractivity contribution in [3.8, 4) is 0 Å². The van der Waals surface area contributed by atoms with Crippen LogP contribution in [0.2, 0.25) is 0 Å². The van der Waals surface area contributed by atoms with E-state index in [0.29, 0.717) is 11.5 Å². The molecule has 2 heterocycles. The second-order valence-corrected chi connectivity index (χ2v) is 5.37. The lowest BCUT2D eigenvalue weighted by molar-refractivity contribution is -0.113. The van der Waals surface area contributed by atoms with E-state index >= 15 is 0 Å². The third-order valence-corrected chi connectivity index (χ3v) is 3.42. The van der Waals surface area contributed by atoms with Crippen LogP contribution in [-0.2, 0) is 9.47 Å². The number of rotatable bonds is 0. The number of hydrogen-bond acceptors (Lipinski definition) is 2. The molecule has 2 saturated heterocycles. The van der Waals surface area contributed by atoms with Crippen LogP contribution in [0.1, 0.15) is 40.0 Å². The standard InChI is InChI=1S/C11H20O2/c1-9-6-11(7-12-9)5-4-10(2,3)13-8-11/h9H,4-8H2,1-3H3. The first-order valence-corrected chi connectivity index (χ1v) is 5.27. The SMILES string of the molecule is CC1CC2(CCC(C)(C)OC2)CO1. The molecule has 0 amide bonds. The van der Waals surface area contributed by atoms with Crippen molar-refractivity contribution < 1.29 is 9.47 Å². The Labute approximate surface area is 80.6 Å². The monoisotopic (exact) mass is 184 g/mol. The van der Waals surface area contributed by atoms with Gasteiger partial charge in [0.1, 0.15) is 0 Å². The van der Waals surface area contributed by atoms with Crippen molar-refractivity contribution in [2.75, 3.05) is 13.2 Å². The fraction of sp³-hybridized carbons (Fsp3) is 1.00. The van der Waals surface area contributed by atoms with E-state index in [1.165, 1.54) is 19.3 Å². The van der Waals surface area contributed by atoms with E-state index < -0.39 is 0 Å². The minimum Gasteiger partial charge on any atom is -0.378 e. The molecule has 0 aromatic rings. The van der Waals surface area contributed by atoms with Gasteiger partial charge in [0.05, 0.1) is 24.9 Å². The zero-order valence-corrected chi connectivity index (χ0v) is 8.93. The van der Waals surface area contributed by atoms with Crippen LogP contribution >= 0.6 is 0 Å². The summed E-state index contributed by atoms with van der Waals surface area (Å²) in [6, 6.07) is 0. The summed E-state index contributed by atoms with van der Waals surface area (Å²) in [4.78, 5) is 0. The normalized spacial score (nSPS) is 44.1. The van der Waals surface area contributed by atoms with Crippen LogP contribution in [0.15, 0.2) is 0 Å². The first kappa shape index (κ1) is 9.47. The molecule has 0 aliphatic carbocycles. The zero-order chi connectivity index (χ0) is 9.53. The average molecular weight is 184 g/mol. The van der Waals surface area contributed by atoms with Gasteiger partial charge in [-0.25, -0.2) is 0 Å². The van der Waals surface area contributed by atoms with Crippen molar-refractivity contribution >= 4 is 0 Å². The van der Waals surface area contributed by atoms with Crippen molar-refractivity contribution in [3.63, 3.8) is 0 Å². The molecule has 0 saturated carbocycles. The second kappa shape index (κ2) is 2.96. The van der Waals surface area contributed by atoms with E-state index in [2.05, 4.69) is 20.8 Å². The minimum atomic E-state index is 0.0943. The Hall–Kier alpha value is -0.0800. The van der Waals surface area contributed by atoms with Crippen molar-refractivity contribution in [2.24, 2.45) is 5.41 Å². The third-order valence-electron chi connectivity index (χ3n) is 3.42. The first-order chi connectivity index (χ1) is 6.02. The van der Waals surface area contributed by atoms with Crippen LogP contribution in [0, 0.1) is 5.41 Å². The quantitative estimate of drug-likeness (QED) is 0.575. The molecule has 2 unspecified atom stereocenters. The molecule has 2 aliphatic heterocycles. The molecule has 0 N–H and O–H groups in total. The molecule has 0 aromatic carbocycles. The fourth-order valence-corrected chi connectivity index (χ4v) is 2.38. The fourth-order valence-electron chi connectivity index (χ4n) is 2.38. The number of ether oxygens (including phenoxy) is 2. The lowest BCUT2D eigenvalue weighted by Crippen LogP contribution is -2.41. The summed E-state index contributed by atoms with van der Waals surface area (Å²) >= 11 is 0. The highest BCUT2D eigenvalue weighted by molar-refractivity contribution is 4.92. The van der Waals surface area contributed by atoms with Crippen LogP contribution in [-0.4, -0.2) is 24.9 Å². The summed E-state index contributed by atoms with van der Waals surface area (Å²) in [6.45, 7) is 8.32. The van der Waals surface area contributed by atoms with Gasteiger partial charge in [-0.15, -0.1) is 0 Å². The number of hydrogen-bond donors (Lipinski definition) is 0. The smallest absolute Gasteiger partial charge is 0.0627 e. The van der Waals surface area contributed by atoms with Crippen LogP contribution in [0.4, 0.5) is 0 Å². The van der Waals surface area contributed by atoms with Gasteiger partial charge < -0.3 is 9.47 Å². The van der Waals surface area contributed by atoms with E-state index in [9.17, 15) is 0 Å². The third kappa shape index (κ3) is 1.89. The van der Waals surface area contributed by atoms with Gasteiger partial charge in [0, 0.05) is 5.41 Å². The Morgan fingerprint density at radius 3 is 2.38 bits per heavy atom. The molecule has 0 bridgehead atoms. The largest absolute Gasteiger partial charge is 0.378 e. The first-order valence-electron chi connectivity index (χ1n) is 5.27. The van der Waals surface area contributed by atoms with Crippen molar-refractivity contribution in [3.05, 3.63) is 0 Å². The minimum absolute atomic E-state index is 0.0943. The van der Waals surface area contributed by atoms with Gasteiger partial charge in [0.2, 0.25) is 0 Å². The second-order valence-electron chi connectivity index (χ2n) is 5.37. The molecule has 2 fully saturated rings. The van der Waals surface area contributed by atoms with Crippen molar-refractivity contribution in [1.82, 2.24) is 0 Å². The molecule has 13 heavy (non-hydrogen) atoms. The molecule has 2 atom stereocenters. The van der Waals surface area contributed by atoms with E-state index in [1.54, 1.807) is 0 Å². The summed E-state index contributed by atoms with van der Waals surface area (Å²) in [5.74, 6) is 0. The maximum absolute atomic E-state index is 5.87. The maximum Gasteiger partial charge on any atom is 0.0627 e. The van der Waals surface area contributed by atoms with E-state index in [0.717, 1.165) is 13.2 Å². The van der Waals surface area contributed by atoms with Crippen LogP contribution in [0.25, 0.3) is 0 Å². The molecule has 2 nitrogen and oxygen atoms in total. The summed E-state index contributed by atoms with van der Waals surface area (Å²) in [5.41, 5.74) is 0.450. The van der Waals surface area contributed by atoms with E-state index in [-0.39, 0.29) is 5.60 Å². The summed E-state index contributed by atoms with van der Waals surface area (Å²) < 4.78 is 11.5. The van der Waals surface area contributed by atoms with Crippen molar-refractivity contribution in [2.45, 2.75) is 51.7 Å². The van der Waals surface area contributed by atoms with E-state index in [1.807, 2.05) is 0 Å². The summed E-state index contributed by atoms with van der Waals surface area (Å²) in [6.07, 6.45) is 4.06. The van der Waals surface area contributed by atoms with Gasteiger partial charge in [-0.2, -0.15) is 0 Å². The zero-order valence-electron chi connectivity index (χ0n) is 8.93. The molecular formula is C11H20O2. The molecule has 2 rings (SSSR count). The Bertz CT molecular complexity index is 188. The van der Waals surface area contributed by atoms with Gasteiger partial charge in [-0.05, 0) is 40.0 Å². The topological polar surface area (TPSA) is 18.5 Å². The Morgan fingerprint density at radius 1 is 1.15 bits per heavy atom. The van der Waals surface area contributed by atoms with Gasteiger partial charge in [0.15, 0.2) is 0 Å². The Balaban J connectivity index is 1.97. The van der Waals surface area contributed by atoms with Crippen LogP contribution in [0.5, 0.6) is 0 Å². The molecule has 2 aliphatic rings. The Morgan fingerprint density at radius 2 is 1.92 bits per heavy atom. The lowest BCUT2D eigenvalue weighted by Gasteiger charge is -2.40. The predicted molar refractivity (Wildman–Crippen MR) is 51.7 cm³/mol. The average Bonchev–Trinajstić information content (AvgIpc) is 2.41. The van der Waals surface area contributed by atoms with E-state index in [4.69, 9.17) is 9.47 Å². The van der Waals surface area contributed by atoms with Crippen molar-refractivity contribution in [1.29, 1.82) is 0 Å². The predicted octanol–water partition coefficient (Wildman–Crippen LogP) is 2.37. The summed E-state index contributed by atoms with van der Waals surface area (Å²) in [7, 11) is 0. The lowest BCUT2D eigenvalue weighted by atomic mass is 9.77. The van der Waals surface area contributed by atoms with Gasteiger partial charge in [-0.1, -0.05) is 0 Å². The molecular weight excluding hydrogens is 164 g/mol. The van der Waals surface area contributed by atoms with Crippen LogP contribution in [0.3, 0.4) is 0 Å². The van der Waals surface area contributed by atoms with Gasteiger partial charge >= 0.3 is 0 Å². The molecule has 76 valence electrons. The summed E-state index contributed by atoms with van der Waals surface area (Å²) in [5, 5.41) is 0. The highest BCUT2D eigenvalue weighted by Crippen LogP contribution is 2.43. The van der Waals surface area contributed by atoms with Crippen LogP contribution < -0.4 is 0 Å². The van der Waals surface area contributed by atoms with Gasteiger partial charge in [-0.3, -0.25) is 0 Å². The highest BCUT2D eigenvalue weighted by Gasteiger charge is 2.43. The highest BCUT2D eigenvalue weighted by atomic mass is 16.5. The Kier molecular flexibility index (Phi) is 2.16.